The molecule has 2 saturated carbocycles. The van der Waals surface area contributed by atoms with Gasteiger partial charge in [-0.05, 0) is 131 Å². The molecule has 4 heterocycles. The zero-order chi connectivity index (χ0) is 29.3. The minimum atomic E-state index is 0.378. The fourth-order valence-electron chi connectivity index (χ4n) is 9.89. The van der Waals surface area contributed by atoms with Crippen molar-refractivity contribution >= 4 is 0 Å². The molecule has 6 aliphatic carbocycles. The van der Waals surface area contributed by atoms with Gasteiger partial charge >= 0.3 is 0 Å². The van der Waals surface area contributed by atoms with E-state index in [0.29, 0.717) is 34.5 Å². The average molecular weight is 569 g/mol. The van der Waals surface area contributed by atoms with Crippen molar-refractivity contribution in [3.05, 3.63) is 95.6 Å². The minimum absolute atomic E-state index is 0.378. The Labute approximate surface area is 256 Å². The van der Waals surface area contributed by atoms with Crippen molar-refractivity contribution in [3.63, 3.8) is 0 Å². The van der Waals surface area contributed by atoms with Gasteiger partial charge in [0.15, 0.2) is 0 Å². The molecule has 6 atom stereocenters. The molecule has 0 N–H and O–H groups in total. The van der Waals surface area contributed by atoms with Gasteiger partial charge in [-0.3, -0.25) is 19.9 Å². The van der Waals surface area contributed by atoms with Crippen LogP contribution in [0, 0.1) is 22.7 Å². The summed E-state index contributed by atoms with van der Waals surface area (Å²) >= 11 is 0. The second-order valence-electron chi connectivity index (χ2n) is 15.1. The molecule has 0 radical (unpaired) electrons. The summed E-state index contributed by atoms with van der Waals surface area (Å²) < 4.78 is 0. The lowest BCUT2D eigenvalue weighted by Gasteiger charge is -2.61. The molecule has 1 unspecified atom stereocenters. The Kier molecular flexibility index (Phi) is 6.37. The van der Waals surface area contributed by atoms with Gasteiger partial charge in [-0.2, -0.15) is 0 Å². The highest BCUT2D eigenvalue weighted by atomic mass is 14.8. The lowest BCUT2D eigenvalue weighted by atomic mass is 9.43. The first kappa shape index (κ1) is 27.2. The van der Waals surface area contributed by atoms with Crippen LogP contribution in [-0.4, -0.2) is 19.9 Å². The number of nitrogens with zero attached hydrogens (tertiary/aromatic N) is 4. The molecule has 0 spiro atoms. The number of rotatable bonds is 8. The Balaban J connectivity index is 0.978. The Morgan fingerprint density at radius 1 is 0.558 bits per heavy atom. The highest BCUT2D eigenvalue weighted by molar-refractivity contribution is 5.59. The molecule has 0 aliphatic heterocycles. The van der Waals surface area contributed by atoms with E-state index in [0.717, 1.165) is 34.6 Å². The molecule has 2 fully saturated rings. The third-order valence-electron chi connectivity index (χ3n) is 12.5. The predicted molar refractivity (Wildman–Crippen MR) is 173 cm³/mol. The Morgan fingerprint density at radius 3 is 1.42 bits per heavy atom. The smallest absolute Gasteiger partial charge is 0.0889 e. The van der Waals surface area contributed by atoms with Gasteiger partial charge in [-0.15, -0.1) is 0 Å². The van der Waals surface area contributed by atoms with E-state index >= 15 is 0 Å². The number of unbranched alkanes of at least 4 members (excludes halogenated alkanes) is 2. The molecule has 10 rings (SSSR count). The van der Waals surface area contributed by atoms with Crippen LogP contribution in [0.5, 0.6) is 0 Å². The summed E-state index contributed by atoms with van der Waals surface area (Å²) in [6, 6.07) is 17.0. The Hall–Kier alpha value is -3.40. The topological polar surface area (TPSA) is 51.6 Å². The molecule has 43 heavy (non-hydrogen) atoms. The van der Waals surface area contributed by atoms with Crippen LogP contribution >= 0.6 is 0 Å². The maximum absolute atomic E-state index is 4.89. The molecule has 6 aliphatic rings. The molecule has 0 amide bonds. The molecular weight excluding hydrogens is 524 g/mol. The molecule has 4 aromatic heterocycles. The third-order valence-corrected chi connectivity index (χ3v) is 12.5. The van der Waals surface area contributed by atoms with Crippen molar-refractivity contribution in [3.8, 4) is 22.8 Å². The van der Waals surface area contributed by atoms with Crippen LogP contribution in [0.2, 0.25) is 0 Å². The molecular formula is C39H44N4. The monoisotopic (exact) mass is 568 g/mol. The van der Waals surface area contributed by atoms with E-state index in [4.69, 9.17) is 9.97 Å². The number of hydrogen-bond acceptors (Lipinski definition) is 4. The van der Waals surface area contributed by atoms with Gasteiger partial charge in [0.1, 0.15) is 0 Å². The maximum atomic E-state index is 4.89. The fraction of sp³-hybridized carbons (Fsp3) is 0.487. The van der Waals surface area contributed by atoms with E-state index in [1.54, 1.807) is 11.1 Å². The Morgan fingerprint density at radius 2 is 1.02 bits per heavy atom. The second-order valence-corrected chi connectivity index (χ2v) is 15.1. The SMILES string of the molecule is CC1(C)[C@@H]2C[C@H]1c1cnc(-c3ccccn3)cc1[C@H]2CCCCCC1c2cc(-c3ccccn3)ncc2[C@H]2C[C@@H]1C2(C)C. The lowest BCUT2D eigenvalue weighted by Crippen LogP contribution is -2.50. The van der Waals surface area contributed by atoms with E-state index in [9.17, 15) is 0 Å². The van der Waals surface area contributed by atoms with Crippen molar-refractivity contribution in [2.24, 2.45) is 22.7 Å². The summed E-state index contributed by atoms with van der Waals surface area (Å²) in [5, 5.41) is 0. The Bertz CT molecular complexity index is 1520. The minimum Gasteiger partial charge on any atom is -0.255 e. The van der Waals surface area contributed by atoms with Crippen molar-refractivity contribution in [2.75, 3.05) is 0 Å². The summed E-state index contributed by atoms with van der Waals surface area (Å²) in [6.07, 6.45) is 17.3. The fourth-order valence-corrected chi connectivity index (χ4v) is 9.89. The summed E-state index contributed by atoms with van der Waals surface area (Å²) in [4.78, 5) is 19.0. The van der Waals surface area contributed by atoms with Gasteiger partial charge in [0, 0.05) is 24.8 Å². The van der Waals surface area contributed by atoms with Crippen molar-refractivity contribution < 1.29 is 0 Å². The highest BCUT2D eigenvalue weighted by Gasteiger charge is 2.57. The zero-order valence-electron chi connectivity index (χ0n) is 26.1. The number of hydrogen-bond donors (Lipinski definition) is 0. The first-order chi connectivity index (χ1) is 20.8. The molecule has 0 aromatic carbocycles. The predicted octanol–water partition coefficient (Wildman–Crippen LogP) is 9.71. The largest absolute Gasteiger partial charge is 0.255 e. The number of aromatic nitrogens is 4. The lowest BCUT2D eigenvalue weighted by molar-refractivity contribution is -0.0104. The molecule has 220 valence electrons. The number of pyridine rings is 4. The van der Waals surface area contributed by atoms with Crippen LogP contribution in [0.25, 0.3) is 22.8 Å². The van der Waals surface area contributed by atoms with E-state index in [-0.39, 0.29) is 0 Å². The molecule has 4 aromatic rings. The van der Waals surface area contributed by atoms with Gasteiger partial charge < -0.3 is 0 Å². The van der Waals surface area contributed by atoms with E-state index in [2.05, 4.69) is 86.5 Å². The summed E-state index contributed by atoms with van der Waals surface area (Å²) in [6.45, 7) is 9.99. The van der Waals surface area contributed by atoms with Crippen LogP contribution < -0.4 is 0 Å². The molecule has 4 nitrogen and oxygen atoms in total. The van der Waals surface area contributed by atoms with Gasteiger partial charge in [0.05, 0.1) is 22.8 Å². The molecule has 0 saturated heterocycles. The molecule has 4 bridgehead atoms. The van der Waals surface area contributed by atoms with Crippen molar-refractivity contribution in [1.29, 1.82) is 0 Å². The van der Waals surface area contributed by atoms with Crippen LogP contribution in [0.15, 0.2) is 73.3 Å². The summed E-state index contributed by atoms with van der Waals surface area (Å²) in [7, 11) is 0. The van der Waals surface area contributed by atoms with Gasteiger partial charge in [-0.25, -0.2) is 0 Å². The van der Waals surface area contributed by atoms with E-state index in [1.165, 1.54) is 56.1 Å². The van der Waals surface area contributed by atoms with Gasteiger partial charge in [0.2, 0.25) is 0 Å². The van der Waals surface area contributed by atoms with Crippen molar-refractivity contribution in [2.45, 2.75) is 96.3 Å². The van der Waals surface area contributed by atoms with E-state index in [1.807, 2.05) is 24.5 Å². The molecule has 4 heteroatoms. The van der Waals surface area contributed by atoms with Gasteiger partial charge in [-0.1, -0.05) is 59.1 Å². The van der Waals surface area contributed by atoms with Gasteiger partial charge in [0.25, 0.3) is 0 Å². The zero-order valence-corrected chi connectivity index (χ0v) is 26.1. The van der Waals surface area contributed by atoms with Crippen LogP contribution in [0.3, 0.4) is 0 Å². The van der Waals surface area contributed by atoms with E-state index < -0.39 is 0 Å². The normalized spacial score (nSPS) is 28.7. The van der Waals surface area contributed by atoms with Crippen molar-refractivity contribution in [1.82, 2.24) is 19.9 Å². The highest BCUT2D eigenvalue weighted by Crippen LogP contribution is 2.68. The van der Waals surface area contributed by atoms with Crippen LogP contribution in [0.1, 0.15) is 119 Å². The third kappa shape index (κ3) is 4.23. The summed E-state index contributed by atoms with van der Waals surface area (Å²) in [5.74, 6) is 4.13. The first-order valence-electron chi connectivity index (χ1n) is 16.7. The summed E-state index contributed by atoms with van der Waals surface area (Å²) in [5.41, 5.74) is 10.9. The first-order valence-corrected chi connectivity index (χ1v) is 16.7. The average Bonchev–Trinajstić information content (AvgIpc) is 3.04. The maximum Gasteiger partial charge on any atom is 0.0889 e. The second kappa shape index (κ2) is 10.1. The quantitative estimate of drug-likeness (QED) is 0.199. The van der Waals surface area contributed by atoms with Crippen LogP contribution in [-0.2, 0) is 0 Å². The van der Waals surface area contributed by atoms with Crippen LogP contribution in [0.4, 0.5) is 0 Å². The standard InChI is InChI=1S/C39H44N4/c1-38(2)30-20-32(38)28-22-42-36(34-14-8-10-16-40-34)18-26(28)24(30)12-6-5-7-13-25-27-19-37(35-15-9-11-17-41-35)43-23-29(27)33-21-31(25)39(33,3)4/h8-11,14-19,22-25,30-33H,5-7,12-13,20-21H2,1-4H3/t24-,25?,30-,31+,32+,33-/m1/s1.